The highest BCUT2D eigenvalue weighted by Crippen LogP contribution is 2.20. The standard InChI is InChI=1S/C16H14N2O2/c1-18(16(19)13-6-4-8-17-10-13)11-14-9-12-5-2-3-7-15(12)20-14/h2-10H,11H2,1H3. The molecule has 100 valence electrons. The van der Waals surface area contributed by atoms with Crippen molar-refractivity contribution in [1.29, 1.82) is 0 Å². The van der Waals surface area contributed by atoms with Crippen LogP contribution in [-0.2, 0) is 6.54 Å². The molecular formula is C16H14N2O2. The Bertz CT molecular complexity index is 701. The second-order valence-electron chi connectivity index (χ2n) is 4.65. The second-order valence-corrected chi connectivity index (χ2v) is 4.65. The number of hydrogen-bond acceptors (Lipinski definition) is 3. The molecule has 0 saturated heterocycles. The van der Waals surface area contributed by atoms with Crippen molar-refractivity contribution in [2.75, 3.05) is 7.05 Å². The molecule has 0 atom stereocenters. The molecule has 0 spiro atoms. The summed E-state index contributed by atoms with van der Waals surface area (Å²) in [5.74, 6) is 0.699. The van der Waals surface area contributed by atoms with E-state index in [2.05, 4.69) is 4.98 Å². The van der Waals surface area contributed by atoms with Crippen molar-refractivity contribution >= 4 is 16.9 Å². The average molecular weight is 266 g/mol. The zero-order valence-corrected chi connectivity index (χ0v) is 11.1. The normalized spacial score (nSPS) is 10.7. The molecule has 0 saturated carbocycles. The molecule has 0 aliphatic heterocycles. The quantitative estimate of drug-likeness (QED) is 0.731. The molecule has 1 aromatic carbocycles. The molecule has 2 heterocycles. The van der Waals surface area contributed by atoms with Gasteiger partial charge in [-0.05, 0) is 24.3 Å². The van der Waals surface area contributed by atoms with Crippen LogP contribution in [0.25, 0.3) is 11.0 Å². The number of aromatic nitrogens is 1. The van der Waals surface area contributed by atoms with Crippen LogP contribution in [0.3, 0.4) is 0 Å². The number of nitrogens with zero attached hydrogens (tertiary/aromatic N) is 2. The molecule has 0 aliphatic carbocycles. The molecule has 0 bridgehead atoms. The fraction of sp³-hybridized carbons (Fsp3) is 0.125. The zero-order valence-electron chi connectivity index (χ0n) is 11.1. The molecule has 2 aromatic heterocycles. The van der Waals surface area contributed by atoms with Gasteiger partial charge in [0.05, 0.1) is 12.1 Å². The van der Waals surface area contributed by atoms with Crippen LogP contribution in [0.1, 0.15) is 16.1 Å². The lowest BCUT2D eigenvalue weighted by Gasteiger charge is -2.15. The van der Waals surface area contributed by atoms with Crippen LogP contribution in [0.5, 0.6) is 0 Å². The maximum absolute atomic E-state index is 12.2. The van der Waals surface area contributed by atoms with Crippen LogP contribution >= 0.6 is 0 Å². The number of furan rings is 1. The van der Waals surface area contributed by atoms with Gasteiger partial charge in [-0.3, -0.25) is 9.78 Å². The van der Waals surface area contributed by atoms with Gasteiger partial charge in [0.25, 0.3) is 5.91 Å². The minimum atomic E-state index is -0.0708. The number of carbonyl (C=O) groups excluding carboxylic acids is 1. The van der Waals surface area contributed by atoms with Crippen LogP contribution in [0.15, 0.2) is 59.3 Å². The summed E-state index contributed by atoms with van der Waals surface area (Å²) in [6, 6.07) is 13.3. The smallest absolute Gasteiger partial charge is 0.255 e. The molecule has 0 fully saturated rings. The van der Waals surface area contributed by atoms with Gasteiger partial charge < -0.3 is 9.32 Å². The summed E-state index contributed by atoms with van der Waals surface area (Å²) in [7, 11) is 1.75. The van der Waals surface area contributed by atoms with E-state index in [0.717, 1.165) is 16.7 Å². The summed E-state index contributed by atoms with van der Waals surface area (Å²) in [5.41, 5.74) is 1.41. The van der Waals surface area contributed by atoms with E-state index in [4.69, 9.17) is 4.42 Å². The van der Waals surface area contributed by atoms with Gasteiger partial charge in [-0.15, -0.1) is 0 Å². The number of benzene rings is 1. The number of hydrogen-bond donors (Lipinski definition) is 0. The first-order chi connectivity index (χ1) is 9.74. The Hall–Kier alpha value is -2.62. The Morgan fingerprint density at radius 3 is 2.85 bits per heavy atom. The summed E-state index contributed by atoms with van der Waals surface area (Å²) in [6.45, 7) is 0.433. The lowest BCUT2D eigenvalue weighted by Crippen LogP contribution is -2.26. The van der Waals surface area contributed by atoms with Crippen LogP contribution < -0.4 is 0 Å². The molecule has 0 radical (unpaired) electrons. The number of pyridine rings is 1. The van der Waals surface area contributed by atoms with Crippen LogP contribution in [-0.4, -0.2) is 22.8 Å². The van der Waals surface area contributed by atoms with Crippen LogP contribution in [0.4, 0.5) is 0 Å². The lowest BCUT2D eigenvalue weighted by molar-refractivity contribution is 0.0776. The largest absolute Gasteiger partial charge is 0.459 e. The van der Waals surface area contributed by atoms with Gasteiger partial charge >= 0.3 is 0 Å². The van der Waals surface area contributed by atoms with Crippen molar-refractivity contribution in [2.45, 2.75) is 6.54 Å². The number of carbonyl (C=O) groups is 1. The SMILES string of the molecule is CN(Cc1cc2ccccc2o1)C(=O)c1cccnc1. The summed E-state index contributed by atoms with van der Waals surface area (Å²) in [5, 5.41) is 1.05. The first kappa shape index (κ1) is 12.4. The molecule has 0 aliphatic rings. The minimum absolute atomic E-state index is 0.0708. The minimum Gasteiger partial charge on any atom is -0.459 e. The first-order valence-corrected chi connectivity index (χ1v) is 6.37. The molecule has 3 rings (SSSR count). The van der Waals surface area contributed by atoms with Crippen LogP contribution in [0, 0.1) is 0 Å². The van der Waals surface area contributed by atoms with Gasteiger partial charge in [0.15, 0.2) is 0 Å². The zero-order chi connectivity index (χ0) is 13.9. The Kier molecular flexibility index (Phi) is 3.21. The van der Waals surface area contributed by atoms with Crippen molar-refractivity contribution < 1.29 is 9.21 Å². The monoisotopic (exact) mass is 266 g/mol. The van der Waals surface area contributed by atoms with Gasteiger partial charge in [0.1, 0.15) is 11.3 Å². The molecule has 0 N–H and O–H groups in total. The molecular weight excluding hydrogens is 252 g/mol. The Balaban J connectivity index is 1.78. The van der Waals surface area contributed by atoms with E-state index >= 15 is 0 Å². The number of fused-ring (bicyclic) bond motifs is 1. The van der Waals surface area contributed by atoms with Crippen molar-refractivity contribution in [2.24, 2.45) is 0 Å². The van der Waals surface area contributed by atoms with Crippen LogP contribution in [0.2, 0.25) is 0 Å². The Labute approximate surface area is 116 Å². The van der Waals surface area contributed by atoms with Crippen molar-refractivity contribution in [3.63, 3.8) is 0 Å². The summed E-state index contributed by atoms with van der Waals surface area (Å²) in [6.07, 6.45) is 3.22. The fourth-order valence-electron chi connectivity index (χ4n) is 2.13. The Morgan fingerprint density at radius 1 is 1.25 bits per heavy atom. The lowest BCUT2D eigenvalue weighted by atomic mass is 10.2. The third-order valence-corrected chi connectivity index (χ3v) is 3.12. The van der Waals surface area contributed by atoms with E-state index in [1.165, 1.54) is 0 Å². The molecule has 4 heteroatoms. The van der Waals surface area contributed by atoms with E-state index in [1.54, 1.807) is 36.5 Å². The number of rotatable bonds is 3. The summed E-state index contributed by atoms with van der Waals surface area (Å²) in [4.78, 5) is 17.8. The molecule has 1 amide bonds. The van der Waals surface area contributed by atoms with Crippen molar-refractivity contribution in [1.82, 2.24) is 9.88 Å². The summed E-state index contributed by atoms with van der Waals surface area (Å²) < 4.78 is 5.72. The van der Waals surface area contributed by atoms with Gasteiger partial charge in [0.2, 0.25) is 0 Å². The average Bonchev–Trinajstić information content (AvgIpc) is 2.89. The fourth-order valence-corrected chi connectivity index (χ4v) is 2.13. The van der Waals surface area contributed by atoms with E-state index < -0.39 is 0 Å². The third kappa shape index (κ3) is 2.40. The van der Waals surface area contributed by atoms with Gasteiger partial charge in [-0.1, -0.05) is 18.2 Å². The van der Waals surface area contributed by atoms with E-state index in [9.17, 15) is 4.79 Å². The number of amides is 1. The molecule has 0 unspecified atom stereocenters. The second kappa shape index (κ2) is 5.17. The maximum atomic E-state index is 12.2. The molecule has 3 aromatic rings. The number of para-hydroxylation sites is 1. The first-order valence-electron chi connectivity index (χ1n) is 6.37. The molecule has 4 nitrogen and oxygen atoms in total. The van der Waals surface area contributed by atoms with Gasteiger partial charge in [-0.25, -0.2) is 0 Å². The van der Waals surface area contributed by atoms with Gasteiger partial charge in [-0.2, -0.15) is 0 Å². The third-order valence-electron chi connectivity index (χ3n) is 3.12. The highest BCUT2D eigenvalue weighted by atomic mass is 16.3. The Morgan fingerprint density at radius 2 is 2.10 bits per heavy atom. The predicted molar refractivity (Wildman–Crippen MR) is 76.2 cm³/mol. The van der Waals surface area contributed by atoms with Crippen molar-refractivity contribution in [3.05, 3.63) is 66.2 Å². The topological polar surface area (TPSA) is 46.3 Å². The van der Waals surface area contributed by atoms with Gasteiger partial charge in [0, 0.05) is 24.8 Å². The highest BCUT2D eigenvalue weighted by molar-refractivity contribution is 5.93. The van der Waals surface area contributed by atoms with E-state index in [0.29, 0.717) is 12.1 Å². The van der Waals surface area contributed by atoms with Crippen molar-refractivity contribution in [3.8, 4) is 0 Å². The van der Waals surface area contributed by atoms with E-state index in [1.807, 2.05) is 30.3 Å². The summed E-state index contributed by atoms with van der Waals surface area (Å²) >= 11 is 0. The molecule has 20 heavy (non-hydrogen) atoms. The van der Waals surface area contributed by atoms with E-state index in [-0.39, 0.29) is 5.91 Å². The maximum Gasteiger partial charge on any atom is 0.255 e. The highest BCUT2D eigenvalue weighted by Gasteiger charge is 2.14. The predicted octanol–water partition coefficient (Wildman–Crippen LogP) is 3.10.